The van der Waals surface area contributed by atoms with Crippen molar-refractivity contribution in [1.82, 2.24) is 4.98 Å². The van der Waals surface area contributed by atoms with Crippen LogP contribution in [0.3, 0.4) is 0 Å². The van der Waals surface area contributed by atoms with Crippen LogP contribution in [0.25, 0.3) is 0 Å². The molecule has 4 heteroatoms. The molecule has 1 aliphatic rings. The summed E-state index contributed by atoms with van der Waals surface area (Å²) in [5, 5.41) is 0. The molecule has 16 heavy (non-hydrogen) atoms. The van der Waals surface area contributed by atoms with Crippen molar-refractivity contribution in [2.24, 2.45) is 0 Å². The summed E-state index contributed by atoms with van der Waals surface area (Å²) >= 11 is 0. The normalized spacial score (nSPS) is 19.4. The van der Waals surface area contributed by atoms with E-state index >= 15 is 0 Å². The summed E-state index contributed by atoms with van der Waals surface area (Å²) in [4.78, 5) is 6.03. The van der Waals surface area contributed by atoms with E-state index in [1.807, 2.05) is 12.1 Å². The van der Waals surface area contributed by atoms with Gasteiger partial charge in [0, 0.05) is 11.1 Å². The Morgan fingerprint density at radius 1 is 1.25 bits per heavy atom. The number of hydrogen-bond donors (Lipinski definition) is 0. The van der Waals surface area contributed by atoms with Gasteiger partial charge in [0.2, 0.25) is 0 Å². The number of hydrogen-bond acceptors (Lipinski definition) is 2. The van der Waals surface area contributed by atoms with Gasteiger partial charge in [-0.25, -0.2) is 13.8 Å². The topological polar surface area (TPSA) is 16.1 Å². The molecule has 0 saturated carbocycles. The fourth-order valence-electron chi connectivity index (χ4n) is 1.69. The van der Waals surface area contributed by atoms with E-state index in [2.05, 4.69) is 25.8 Å². The highest BCUT2D eigenvalue weighted by Crippen LogP contribution is 2.31. The summed E-state index contributed by atoms with van der Waals surface area (Å²) < 4.78 is 25.5. The van der Waals surface area contributed by atoms with Gasteiger partial charge < -0.3 is 4.90 Å². The number of alkyl halides is 2. The average molecular weight is 226 g/mol. The van der Waals surface area contributed by atoms with Crippen LogP contribution < -0.4 is 4.90 Å². The molecule has 0 radical (unpaired) electrons. The zero-order valence-corrected chi connectivity index (χ0v) is 9.80. The molecule has 2 heterocycles. The van der Waals surface area contributed by atoms with E-state index in [0.29, 0.717) is 5.82 Å². The highest BCUT2D eigenvalue weighted by Gasteiger charge is 2.44. The molecule has 0 aromatic carbocycles. The van der Waals surface area contributed by atoms with E-state index in [1.165, 1.54) is 0 Å². The Bertz CT molecular complexity index is 388. The molecule has 2 rings (SSSR count). The van der Waals surface area contributed by atoms with Gasteiger partial charge in [-0.1, -0.05) is 26.8 Å². The predicted molar refractivity (Wildman–Crippen MR) is 60.1 cm³/mol. The van der Waals surface area contributed by atoms with Crippen molar-refractivity contribution in [3.63, 3.8) is 0 Å². The van der Waals surface area contributed by atoms with Crippen LogP contribution in [0.1, 0.15) is 26.5 Å². The Morgan fingerprint density at radius 3 is 2.38 bits per heavy atom. The molecule has 0 N–H and O–H groups in total. The van der Waals surface area contributed by atoms with Crippen LogP contribution in [0.15, 0.2) is 18.2 Å². The molecule has 0 amide bonds. The second-order valence-electron chi connectivity index (χ2n) is 5.34. The van der Waals surface area contributed by atoms with Gasteiger partial charge in [-0.05, 0) is 12.1 Å². The number of nitrogens with zero attached hydrogens (tertiary/aromatic N) is 2. The van der Waals surface area contributed by atoms with Crippen LogP contribution >= 0.6 is 0 Å². The first-order valence-electron chi connectivity index (χ1n) is 5.38. The van der Waals surface area contributed by atoms with Crippen molar-refractivity contribution in [1.29, 1.82) is 0 Å². The largest absolute Gasteiger partial charge is 0.344 e. The second-order valence-corrected chi connectivity index (χ2v) is 5.34. The van der Waals surface area contributed by atoms with E-state index < -0.39 is 5.92 Å². The fourth-order valence-corrected chi connectivity index (χ4v) is 1.69. The molecule has 1 aliphatic heterocycles. The lowest BCUT2D eigenvalue weighted by Gasteiger charge is -2.39. The lowest BCUT2D eigenvalue weighted by molar-refractivity contribution is -0.0267. The maximum Gasteiger partial charge on any atom is 0.282 e. The third-order valence-electron chi connectivity index (χ3n) is 2.67. The summed E-state index contributed by atoms with van der Waals surface area (Å²) in [5.41, 5.74) is 0.879. The lowest BCUT2D eigenvalue weighted by atomic mass is 9.91. The highest BCUT2D eigenvalue weighted by atomic mass is 19.3. The first-order valence-corrected chi connectivity index (χ1v) is 5.38. The van der Waals surface area contributed by atoms with E-state index in [1.54, 1.807) is 11.0 Å². The molecule has 1 fully saturated rings. The van der Waals surface area contributed by atoms with Crippen molar-refractivity contribution in [2.45, 2.75) is 32.1 Å². The monoisotopic (exact) mass is 226 g/mol. The van der Waals surface area contributed by atoms with Crippen LogP contribution in [0.5, 0.6) is 0 Å². The van der Waals surface area contributed by atoms with Gasteiger partial charge in [0.15, 0.2) is 0 Å². The summed E-state index contributed by atoms with van der Waals surface area (Å²) in [7, 11) is 0. The van der Waals surface area contributed by atoms with Crippen molar-refractivity contribution in [3.05, 3.63) is 23.9 Å². The molecule has 0 atom stereocenters. The van der Waals surface area contributed by atoms with Crippen LogP contribution in [-0.2, 0) is 5.41 Å². The SMILES string of the molecule is CC(C)(C)c1cccc(N2CC(F)(F)C2)n1. The third kappa shape index (κ3) is 2.15. The number of halogens is 2. The molecule has 88 valence electrons. The maximum absolute atomic E-state index is 12.7. The van der Waals surface area contributed by atoms with Crippen molar-refractivity contribution in [3.8, 4) is 0 Å². The van der Waals surface area contributed by atoms with E-state index in [9.17, 15) is 8.78 Å². The second kappa shape index (κ2) is 3.40. The molecule has 0 unspecified atom stereocenters. The quantitative estimate of drug-likeness (QED) is 0.732. The zero-order chi connectivity index (χ0) is 12.0. The van der Waals surface area contributed by atoms with Crippen LogP contribution in [0.4, 0.5) is 14.6 Å². The van der Waals surface area contributed by atoms with Gasteiger partial charge in [-0.3, -0.25) is 0 Å². The molecular weight excluding hydrogens is 210 g/mol. The summed E-state index contributed by atoms with van der Waals surface area (Å²) in [6.07, 6.45) is 0. The molecule has 1 aromatic heterocycles. The Balaban J connectivity index is 2.18. The highest BCUT2D eigenvalue weighted by molar-refractivity contribution is 5.44. The summed E-state index contributed by atoms with van der Waals surface area (Å²) in [6, 6.07) is 5.59. The fraction of sp³-hybridized carbons (Fsp3) is 0.583. The molecule has 1 aromatic rings. The smallest absolute Gasteiger partial charge is 0.282 e. The van der Waals surface area contributed by atoms with E-state index in [0.717, 1.165) is 5.69 Å². The Labute approximate surface area is 94.3 Å². The van der Waals surface area contributed by atoms with Crippen molar-refractivity contribution >= 4 is 5.82 Å². The van der Waals surface area contributed by atoms with Gasteiger partial charge in [-0.2, -0.15) is 0 Å². The molecule has 0 spiro atoms. The summed E-state index contributed by atoms with van der Waals surface area (Å²) in [5.74, 6) is -1.89. The van der Waals surface area contributed by atoms with Crippen molar-refractivity contribution < 1.29 is 8.78 Å². The molecular formula is C12H16F2N2. The third-order valence-corrected chi connectivity index (χ3v) is 2.67. The standard InChI is InChI=1S/C12H16F2N2/c1-11(2,3)9-5-4-6-10(15-9)16-7-12(13,14)8-16/h4-6H,7-8H2,1-3H3. The van der Waals surface area contributed by atoms with Crippen molar-refractivity contribution in [2.75, 3.05) is 18.0 Å². The lowest BCUT2D eigenvalue weighted by Crippen LogP contribution is -2.56. The first-order chi connectivity index (χ1) is 7.28. The Morgan fingerprint density at radius 2 is 1.88 bits per heavy atom. The molecule has 0 aliphatic carbocycles. The molecule has 2 nitrogen and oxygen atoms in total. The average Bonchev–Trinajstić information content (AvgIpc) is 2.13. The van der Waals surface area contributed by atoms with E-state index in [4.69, 9.17) is 0 Å². The van der Waals surface area contributed by atoms with Gasteiger partial charge in [0.25, 0.3) is 5.92 Å². The molecule has 0 bridgehead atoms. The van der Waals surface area contributed by atoms with Gasteiger partial charge in [-0.15, -0.1) is 0 Å². The minimum absolute atomic E-state index is 0.0522. The van der Waals surface area contributed by atoms with E-state index in [-0.39, 0.29) is 18.5 Å². The number of aromatic nitrogens is 1. The maximum atomic E-state index is 12.7. The predicted octanol–water partition coefficient (Wildman–Crippen LogP) is 2.83. The van der Waals surface area contributed by atoms with Crippen LogP contribution in [0, 0.1) is 0 Å². The molecule has 1 saturated heterocycles. The van der Waals surface area contributed by atoms with Gasteiger partial charge >= 0.3 is 0 Å². The van der Waals surface area contributed by atoms with Gasteiger partial charge in [0.1, 0.15) is 5.82 Å². The Kier molecular flexibility index (Phi) is 2.40. The number of pyridine rings is 1. The number of rotatable bonds is 1. The Hall–Kier alpha value is -1.19. The zero-order valence-electron chi connectivity index (χ0n) is 9.80. The minimum Gasteiger partial charge on any atom is -0.344 e. The van der Waals surface area contributed by atoms with Crippen LogP contribution in [-0.4, -0.2) is 24.0 Å². The summed E-state index contributed by atoms with van der Waals surface area (Å²) in [6.45, 7) is 5.75. The minimum atomic E-state index is -2.54. The number of anilines is 1. The first kappa shape index (κ1) is 11.3. The van der Waals surface area contributed by atoms with Gasteiger partial charge in [0.05, 0.1) is 13.1 Å². The van der Waals surface area contributed by atoms with Crippen LogP contribution in [0.2, 0.25) is 0 Å².